The molecule has 0 aliphatic heterocycles. The van der Waals surface area contributed by atoms with E-state index in [0.29, 0.717) is 11.3 Å². The summed E-state index contributed by atoms with van der Waals surface area (Å²) in [6.45, 7) is 6.74. The quantitative estimate of drug-likeness (QED) is 0.563. The minimum absolute atomic E-state index is 0.0992. The molecule has 1 aromatic carbocycles. The Kier molecular flexibility index (Phi) is 6.94. The molecule has 2 rings (SSSR count). The zero-order valence-corrected chi connectivity index (χ0v) is 18.6. The number of amides is 1. The van der Waals surface area contributed by atoms with Crippen LogP contribution in [0.5, 0.6) is 0 Å². The van der Waals surface area contributed by atoms with Crippen LogP contribution in [0.1, 0.15) is 32.8 Å². The Morgan fingerprint density at radius 3 is 2.48 bits per heavy atom. The van der Waals surface area contributed by atoms with Crippen molar-refractivity contribution in [3.8, 4) is 0 Å². The van der Waals surface area contributed by atoms with Crippen molar-refractivity contribution in [2.24, 2.45) is 0 Å². The van der Waals surface area contributed by atoms with Gasteiger partial charge in [0, 0.05) is 11.9 Å². The number of benzene rings is 1. The van der Waals surface area contributed by atoms with E-state index >= 15 is 0 Å². The number of fused-ring (bicyclic) bond motifs is 1. The van der Waals surface area contributed by atoms with Crippen molar-refractivity contribution in [2.45, 2.75) is 45.8 Å². The molecule has 1 atom stereocenters. The van der Waals surface area contributed by atoms with Crippen LogP contribution in [0, 0.1) is 6.92 Å². The Morgan fingerprint density at radius 2 is 1.94 bits per heavy atom. The summed E-state index contributed by atoms with van der Waals surface area (Å²) < 4.78 is 32.9. The zero-order chi connectivity index (χ0) is 23.6. The number of ether oxygens (including phenoxy) is 1. The summed E-state index contributed by atoms with van der Waals surface area (Å²) in [4.78, 5) is 40.1. The summed E-state index contributed by atoms with van der Waals surface area (Å²) in [5.74, 6) is -1.69. The number of aromatic nitrogens is 1. The van der Waals surface area contributed by atoms with Crippen molar-refractivity contribution in [2.75, 3.05) is 22.6 Å². The second-order valence-corrected chi connectivity index (χ2v) is 10.3. The number of aryl methyl sites for hydroxylation is 1. The fraction of sp³-hybridized carbons (Fsp3) is 0.474. The molecular formula is C19H25N3O8S. The van der Waals surface area contributed by atoms with Gasteiger partial charge in [-0.3, -0.25) is 5.32 Å². The lowest BCUT2D eigenvalue weighted by Crippen LogP contribution is -2.32. The first kappa shape index (κ1) is 24.1. The average Bonchev–Trinajstić information content (AvgIpc) is 2.58. The number of nitrogens with one attached hydrogen (secondary N) is 2. The molecule has 11 nitrogen and oxygen atoms in total. The second kappa shape index (κ2) is 8.92. The van der Waals surface area contributed by atoms with Crippen molar-refractivity contribution in [3.63, 3.8) is 0 Å². The van der Waals surface area contributed by atoms with Crippen LogP contribution in [-0.2, 0) is 19.4 Å². The van der Waals surface area contributed by atoms with Crippen LogP contribution in [0.3, 0.4) is 0 Å². The molecule has 31 heavy (non-hydrogen) atoms. The summed E-state index contributed by atoms with van der Waals surface area (Å²) in [5.41, 5.74) is -0.576. The van der Waals surface area contributed by atoms with E-state index in [1.807, 2.05) is 0 Å². The van der Waals surface area contributed by atoms with Crippen LogP contribution < -0.4 is 16.3 Å². The van der Waals surface area contributed by atoms with Gasteiger partial charge in [-0.15, -0.1) is 0 Å². The number of aliphatic carboxylic acids is 1. The second-order valence-electron chi connectivity index (χ2n) is 8.02. The van der Waals surface area contributed by atoms with Gasteiger partial charge in [0.15, 0.2) is 0 Å². The van der Waals surface area contributed by atoms with Crippen molar-refractivity contribution in [1.82, 2.24) is 4.98 Å². The fourth-order valence-corrected chi connectivity index (χ4v) is 3.33. The van der Waals surface area contributed by atoms with Gasteiger partial charge in [-0.1, -0.05) is 0 Å². The predicted octanol–water partition coefficient (Wildman–Crippen LogP) is 2.14. The zero-order valence-electron chi connectivity index (χ0n) is 17.8. The van der Waals surface area contributed by atoms with E-state index in [2.05, 4.69) is 15.6 Å². The molecule has 1 heterocycles. The minimum Gasteiger partial charge on any atom is -0.480 e. The smallest absolute Gasteiger partial charge is 0.412 e. The summed E-state index contributed by atoms with van der Waals surface area (Å²) in [6, 6.07) is 1.31. The lowest BCUT2D eigenvalue weighted by Gasteiger charge is -2.20. The maximum atomic E-state index is 12.5. The van der Waals surface area contributed by atoms with Crippen molar-refractivity contribution < 1.29 is 32.3 Å². The summed E-state index contributed by atoms with van der Waals surface area (Å²) in [5, 5.41) is 14.4. The maximum Gasteiger partial charge on any atom is 0.412 e. The molecule has 2 aromatic rings. The number of carboxylic acids is 1. The standard InChI is InChI=1S/C19H25N3O8S/c1-10-11(22-18(26)30-19(2,3)4)6-7-12-14(10)16(25)29-17(20-12)21-13(15(23)24)8-9-31(5,27)28/h6-7,13H,8-9H2,1-5H3,(H,20,21)(H,22,26)(H,23,24)/t13-/m0/s1. The molecule has 0 saturated carbocycles. The Hall–Kier alpha value is -3.15. The van der Waals surface area contributed by atoms with Gasteiger partial charge in [-0.25, -0.2) is 22.8 Å². The normalized spacial score (nSPS) is 12.9. The highest BCUT2D eigenvalue weighted by atomic mass is 32.2. The molecular weight excluding hydrogens is 430 g/mol. The van der Waals surface area contributed by atoms with Crippen LogP contribution in [0.15, 0.2) is 21.3 Å². The number of sulfone groups is 1. The average molecular weight is 455 g/mol. The fourth-order valence-electron chi connectivity index (χ4n) is 2.67. The predicted molar refractivity (Wildman–Crippen MR) is 114 cm³/mol. The number of hydrogen-bond acceptors (Lipinski definition) is 9. The SMILES string of the molecule is Cc1c(NC(=O)OC(C)(C)C)ccc2nc(N[C@@H](CCS(C)(=O)=O)C(=O)O)oc(=O)c12. The summed E-state index contributed by atoms with van der Waals surface area (Å²) in [7, 11) is -3.38. The molecule has 0 aliphatic carbocycles. The molecule has 0 bridgehead atoms. The molecule has 12 heteroatoms. The molecule has 1 aromatic heterocycles. The van der Waals surface area contributed by atoms with E-state index in [4.69, 9.17) is 9.15 Å². The summed E-state index contributed by atoms with van der Waals surface area (Å²) >= 11 is 0. The minimum atomic E-state index is -3.38. The molecule has 0 aliphatic rings. The van der Waals surface area contributed by atoms with Gasteiger partial charge in [-0.05, 0) is 51.8 Å². The van der Waals surface area contributed by atoms with Gasteiger partial charge in [0.05, 0.1) is 16.7 Å². The third kappa shape index (κ3) is 6.95. The lowest BCUT2D eigenvalue weighted by atomic mass is 10.1. The Balaban J connectivity index is 2.32. The number of carbonyl (C=O) groups is 2. The number of nitrogens with zero attached hydrogens (tertiary/aromatic N) is 1. The molecule has 0 saturated heterocycles. The molecule has 0 fully saturated rings. The first-order valence-corrected chi connectivity index (χ1v) is 11.3. The summed E-state index contributed by atoms with van der Waals surface area (Å²) in [6.07, 6.45) is 0.0576. The van der Waals surface area contributed by atoms with Gasteiger partial charge < -0.3 is 19.6 Å². The Labute approximate surface area is 178 Å². The van der Waals surface area contributed by atoms with Crippen LogP contribution in [0.4, 0.5) is 16.5 Å². The molecule has 0 unspecified atom stereocenters. The van der Waals surface area contributed by atoms with Gasteiger partial charge in [0.2, 0.25) is 0 Å². The lowest BCUT2D eigenvalue weighted by molar-refractivity contribution is -0.138. The molecule has 170 valence electrons. The molecule has 1 amide bonds. The van der Waals surface area contributed by atoms with E-state index in [9.17, 15) is 27.9 Å². The maximum absolute atomic E-state index is 12.5. The van der Waals surface area contributed by atoms with E-state index < -0.39 is 39.2 Å². The highest BCUT2D eigenvalue weighted by molar-refractivity contribution is 7.90. The third-order valence-corrected chi connectivity index (χ3v) is 5.04. The van der Waals surface area contributed by atoms with Gasteiger partial charge in [0.25, 0.3) is 6.01 Å². The molecule has 0 spiro atoms. The van der Waals surface area contributed by atoms with Crippen molar-refractivity contribution in [3.05, 3.63) is 28.1 Å². The molecule has 0 radical (unpaired) electrons. The van der Waals surface area contributed by atoms with E-state index in [1.165, 1.54) is 12.1 Å². The number of anilines is 2. The Bertz CT molecular complexity index is 1170. The highest BCUT2D eigenvalue weighted by Gasteiger charge is 2.23. The van der Waals surface area contributed by atoms with Gasteiger partial charge in [0.1, 0.15) is 21.5 Å². The van der Waals surface area contributed by atoms with Gasteiger partial charge in [-0.2, -0.15) is 4.98 Å². The van der Waals surface area contributed by atoms with Crippen LogP contribution in [0.25, 0.3) is 10.9 Å². The number of carboxylic acid groups (broad SMARTS) is 1. The van der Waals surface area contributed by atoms with Crippen molar-refractivity contribution in [1.29, 1.82) is 0 Å². The van der Waals surface area contributed by atoms with Gasteiger partial charge >= 0.3 is 17.7 Å². The highest BCUT2D eigenvalue weighted by Crippen LogP contribution is 2.24. The van der Waals surface area contributed by atoms with E-state index in [0.717, 1.165) is 6.26 Å². The van der Waals surface area contributed by atoms with Crippen LogP contribution >= 0.6 is 0 Å². The number of hydrogen-bond donors (Lipinski definition) is 3. The van der Waals surface area contributed by atoms with Crippen LogP contribution in [-0.4, -0.2) is 54.2 Å². The van der Waals surface area contributed by atoms with Crippen molar-refractivity contribution >= 4 is 44.5 Å². The third-order valence-electron chi connectivity index (χ3n) is 4.07. The Morgan fingerprint density at radius 1 is 1.29 bits per heavy atom. The van der Waals surface area contributed by atoms with E-state index in [1.54, 1.807) is 27.7 Å². The topological polar surface area (TPSA) is 165 Å². The first-order chi connectivity index (χ1) is 14.2. The van der Waals surface area contributed by atoms with E-state index in [-0.39, 0.29) is 29.1 Å². The molecule has 3 N–H and O–H groups in total. The van der Waals surface area contributed by atoms with Crippen LogP contribution in [0.2, 0.25) is 0 Å². The first-order valence-electron chi connectivity index (χ1n) is 9.28. The number of carbonyl (C=O) groups excluding carboxylic acids is 1. The monoisotopic (exact) mass is 455 g/mol. The largest absolute Gasteiger partial charge is 0.480 e. The number of rotatable bonds is 7.